The van der Waals surface area contributed by atoms with E-state index in [9.17, 15) is 5.11 Å². The van der Waals surface area contributed by atoms with Crippen molar-refractivity contribution in [2.75, 3.05) is 40.0 Å². The van der Waals surface area contributed by atoms with Crippen molar-refractivity contribution in [3.63, 3.8) is 0 Å². The summed E-state index contributed by atoms with van der Waals surface area (Å²) in [6.45, 7) is 8.48. The van der Waals surface area contributed by atoms with Crippen molar-refractivity contribution in [3.05, 3.63) is 0 Å². The van der Waals surface area contributed by atoms with Crippen LogP contribution in [0.3, 0.4) is 0 Å². The van der Waals surface area contributed by atoms with Crippen LogP contribution in [0.2, 0.25) is 0 Å². The monoisotopic (exact) mass is 286 g/mol. The first-order valence-corrected chi connectivity index (χ1v) is 8.25. The summed E-state index contributed by atoms with van der Waals surface area (Å²) in [4.78, 5) is 2.48. The van der Waals surface area contributed by atoms with Crippen LogP contribution in [0.5, 0.6) is 0 Å². The van der Waals surface area contributed by atoms with Gasteiger partial charge in [0.2, 0.25) is 0 Å². The molecule has 0 saturated carbocycles. The van der Waals surface area contributed by atoms with Crippen LogP contribution in [0.15, 0.2) is 0 Å². The first-order valence-electron chi connectivity index (χ1n) is 8.25. The number of ether oxygens (including phenoxy) is 1. The van der Waals surface area contributed by atoms with Gasteiger partial charge in [-0.2, -0.15) is 0 Å². The standard InChI is InChI=1S/C16H34N2O2/c1-4-10-17-16(2,14-19)9-5-6-11-18(3)15-7-12-20-13-8-15/h15,17,19H,4-14H2,1-3H3. The molecule has 1 atom stereocenters. The Bertz CT molecular complexity index is 245. The fourth-order valence-corrected chi connectivity index (χ4v) is 2.83. The minimum Gasteiger partial charge on any atom is -0.394 e. The molecule has 1 saturated heterocycles. The van der Waals surface area contributed by atoms with E-state index >= 15 is 0 Å². The molecule has 20 heavy (non-hydrogen) atoms. The Labute approximate surface area is 124 Å². The third-order valence-electron chi connectivity index (χ3n) is 4.45. The summed E-state index contributed by atoms with van der Waals surface area (Å²) in [5.74, 6) is 0. The highest BCUT2D eigenvalue weighted by Gasteiger charge is 2.22. The van der Waals surface area contributed by atoms with Gasteiger partial charge in [-0.05, 0) is 59.2 Å². The largest absolute Gasteiger partial charge is 0.394 e. The van der Waals surface area contributed by atoms with Gasteiger partial charge >= 0.3 is 0 Å². The first-order chi connectivity index (χ1) is 9.61. The van der Waals surface area contributed by atoms with Crippen LogP contribution in [0, 0.1) is 0 Å². The summed E-state index contributed by atoms with van der Waals surface area (Å²) in [5, 5.41) is 13.0. The summed E-state index contributed by atoms with van der Waals surface area (Å²) in [6.07, 6.45) is 6.87. The molecule has 1 aliphatic rings. The number of hydrogen-bond donors (Lipinski definition) is 2. The molecule has 120 valence electrons. The molecular formula is C16H34N2O2. The summed E-state index contributed by atoms with van der Waals surface area (Å²) < 4.78 is 5.41. The fourth-order valence-electron chi connectivity index (χ4n) is 2.83. The molecule has 1 heterocycles. The van der Waals surface area contributed by atoms with Crippen LogP contribution < -0.4 is 5.32 Å². The van der Waals surface area contributed by atoms with Crippen LogP contribution >= 0.6 is 0 Å². The normalized spacial score (nSPS) is 20.2. The lowest BCUT2D eigenvalue weighted by Gasteiger charge is -2.32. The average Bonchev–Trinajstić information content (AvgIpc) is 2.50. The van der Waals surface area contributed by atoms with Crippen molar-refractivity contribution in [2.45, 2.75) is 64.0 Å². The maximum absolute atomic E-state index is 9.54. The Kier molecular flexibility index (Phi) is 8.69. The number of unbranched alkanes of at least 4 members (excludes halogenated alkanes) is 1. The summed E-state index contributed by atoms with van der Waals surface area (Å²) in [5.41, 5.74) is -0.104. The van der Waals surface area contributed by atoms with Gasteiger partial charge in [0.15, 0.2) is 0 Å². The van der Waals surface area contributed by atoms with E-state index < -0.39 is 0 Å². The van der Waals surface area contributed by atoms with Crippen molar-refractivity contribution in [1.82, 2.24) is 10.2 Å². The molecule has 0 spiro atoms. The van der Waals surface area contributed by atoms with Gasteiger partial charge in [0, 0.05) is 24.8 Å². The van der Waals surface area contributed by atoms with E-state index in [0.29, 0.717) is 6.04 Å². The summed E-state index contributed by atoms with van der Waals surface area (Å²) >= 11 is 0. The molecule has 0 aromatic heterocycles. The molecule has 0 radical (unpaired) electrons. The number of aliphatic hydroxyl groups is 1. The molecule has 1 fully saturated rings. The SMILES string of the molecule is CCCNC(C)(CO)CCCCN(C)C1CCOCC1. The van der Waals surface area contributed by atoms with Crippen molar-refractivity contribution in [1.29, 1.82) is 0 Å². The van der Waals surface area contributed by atoms with E-state index in [-0.39, 0.29) is 12.1 Å². The van der Waals surface area contributed by atoms with Gasteiger partial charge in [0.25, 0.3) is 0 Å². The Hall–Kier alpha value is -0.160. The molecule has 0 aromatic carbocycles. The zero-order chi connectivity index (χ0) is 14.8. The van der Waals surface area contributed by atoms with Crippen LogP contribution in [-0.2, 0) is 4.74 Å². The predicted molar refractivity (Wildman–Crippen MR) is 84.1 cm³/mol. The molecule has 0 aliphatic carbocycles. The van der Waals surface area contributed by atoms with Gasteiger partial charge in [0.05, 0.1) is 6.61 Å². The molecule has 2 N–H and O–H groups in total. The Balaban J connectivity index is 2.15. The second-order valence-corrected chi connectivity index (χ2v) is 6.43. The lowest BCUT2D eigenvalue weighted by atomic mass is 9.95. The van der Waals surface area contributed by atoms with E-state index in [1.54, 1.807) is 0 Å². The second kappa shape index (κ2) is 9.72. The van der Waals surface area contributed by atoms with Crippen molar-refractivity contribution in [3.8, 4) is 0 Å². The summed E-state index contributed by atoms with van der Waals surface area (Å²) in [6, 6.07) is 0.700. The average molecular weight is 286 g/mol. The Morgan fingerprint density at radius 3 is 2.60 bits per heavy atom. The fraction of sp³-hybridized carbons (Fsp3) is 1.00. The molecule has 4 heteroatoms. The van der Waals surface area contributed by atoms with Gasteiger partial charge in [-0.3, -0.25) is 0 Å². The van der Waals surface area contributed by atoms with E-state index in [1.165, 1.54) is 25.7 Å². The lowest BCUT2D eigenvalue weighted by molar-refractivity contribution is 0.0423. The molecule has 1 rings (SSSR count). The highest BCUT2D eigenvalue weighted by molar-refractivity contribution is 4.82. The van der Waals surface area contributed by atoms with Crippen LogP contribution in [0.25, 0.3) is 0 Å². The zero-order valence-corrected chi connectivity index (χ0v) is 13.7. The molecular weight excluding hydrogens is 252 g/mol. The topological polar surface area (TPSA) is 44.7 Å². The molecule has 0 aromatic rings. The van der Waals surface area contributed by atoms with E-state index in [2.05, 4.69) is 31.1 Å². The lowest BCUT2D eigenvalue weighted by Crippen LogP contribution is -2.46. The maximum Gasteiger partial charge on any atom is 0.0610 e. The maximum atomic E-state index is 9.54. The number of hydrogen-bond acceptors (Lipinski definition) is 4. The first kappa shape index (κ1) is 17.9. The van der Waals surface area contributed by atoms with Gasteiger partial charge in [0.1, 0.15) is 0 Å². The third-order valence-corrected chi connectivity index (χ3v) is 4.45. The third kappa shape index (κ3) is 6.53. The van der Waals surface area contributed by atoms with Crippen molar-refractivity contribution < 1.29 is 9.84 Å². The number of rotatable bonds is 10. The van der Waals surface area contributed by atoms with E-state index in [4.69, 9.17) is 4.74 Å². The Morgan fingerprint density at radius 2 is 2.00 bits per heavy atom. The van der Waals surface area contributed by atoms with E-state index in [1.807, 2.05) is 0 Å². The van der Waals surface area contributed by atoms with Gasteiger partial charge in [-0.25, -0.2) is 0 Å². The minimum absolute atomic E-state index is 0.104. The van der Waals surface area contributed by atoms with E-state index in [0.717, 1.165) is 39.1 Å². The highest BCUT2D eigenvalue weighted by Crippen LogP contribution is 2.16. The van der Waals surface area contributed by atoms with Crippen LogP contribution in [0.1, 0.15) is 52.4 Å². The molecule has 4 nitrogen and oxygen atoms in total. The molecule has 1 unspecified atom stereocenters. The number of nitrogens with zero attached hydrogens (tertiary/aromatic N) is 1. The van der Waals surface area contributed by atoms with Crippen LogP contribution in [-0.4, -0.2) is 61.5 Å². The molecule has 1 aliphatic heterocycles. The van der Waals surface area contributed by atoms with Gasteiger partial charge in [-0.1, -0.05) is 13.3 Å². The molecule has 0 bridgehead atoms. The second-order valence-electron chi connectivity index (χ2n) is 6.43. The number of aliphatic hydroxyl groups excluding tert-OH is 1. The van der Waals surface area contributed by atoms with Gasteiger partial charge in [-0.15, -0.1) is 0 Å². The Morgan fingerprint density at radius 1 is 1.30 bits per heavy atom. The molecule has 0 amide bonds. The van der Waals surface area contributed by atoms with Gasteiger partial charge < -0.3 is 20.1 Å². The number of nitrogens with one attached hydrogen (secondary N) is 1. The van der Waals surface area contributed by atoms with Crippen LogP contribution in [0.4, 0.5) is 0 Å². The summed E-state index contributed by atoms with van der Waals surface area (Å²) in [7, 11) is 2.23. The quantitative estimate of drug-likeness (QED) is 0.603. The highest BCUT2D eigenvalue weighted by atomic mass is 16.5. The van der Waals surface area contributed by atoms with Crippen molar-refractivity contribution >= 4 is 0 Å². The smallest absolute Gasteiger partial charge is 0.0610 e. The zero-order valence-electron chi connectivity index (χ0n) is 13.7. The van der Waals surface area contributed by atoms with Crippen molar-refractivity contribution in [2.24, 2.45) is 0 Å². The predicted octanol–water partition coefficient (Wildman–Crippen LogP) is 2.02. The minimum atomic E-state index is -0.104.